The average molecular weight is 409 g/mol. The molecule has 0 spiro atoms. The predicted molar refractivity (Wildman–Crippen MR) is 111 cm³/mol. The minimum Gasteiger partial charge on any atom is -0.368 e. The van der Waals surface area contributed by atoms with E-state index < -0.39 is 12.0 Å². The topological polar surface area (TPSA) is 77.3 Å². The number of aromatic nitrogens is 2. The first kappa shape index (κ1) is 18.8. The van der Waals surface area contributed by atoms with Crippen LogP contribution >= 0.6 is 0 Å². The summed E-state index contributed by atoms with van der Waals surface area (Å²) in [5.74, 6) is 0.140. The Hall–Kier alpha value is -3.20. The number of nitrogens with zero attached hydrogens (tertiary/aromatic N) is 5. The zero-order chi connectivity index (χ0) is 21.0. The summed E-state index contributed by atoms with van der Waals surface area (Å²) in [6.45, 7) is 8.57. The molecule has 2 aromatic heterocycles. The molecule has 9 heteroatoms. The van der Waals surface area contributed by atoms with Crippen molar-refractivity contribution < 1.29 is 9.18 Å². The lowest BCUT2D eigenvalue weighted by molar-refractivity contribution is 0.219. The number of imidazole rings is 1. The summed E-state index contributed by atoms with van der Waals surface area (Å²) >= 11 is 0. The number of rotatable bonds is 2. The van der Waals surface area contributed by atoms with E-state index in [9.17, 15) is 9.18 Å². The third-order valence-electron chi connectivity index (χ3n) is 5.63. The highest BCUT2D eigenvalue weighted by molar-refractivity contribution is 6.10. The van der Waals surface area contributed by atoms with Gasteiger partial charge in [0.1, 0.15) is 5.84 Å². The maximum Gasteiger partial charge on any atom is 0.329 e. The summed E-state index contributed by atoms with van der Waals surface area (Å²) < 4.78 is 16.2. The number of halogens is 1. The number of aryl methyl sites for hydroxylation is 1. The Kier molecular flexibility index (Phi) is 4.35. The number of urea groups is 1. The minimum absolute atomic E-state index is 0.263. The van der Waals surface area contributed by atoms with Crippen LogP contribution in [0.15, 0.2) is 47.0 Å². The van der Waals surface area contributed by atoms with Crippen molar-refractivity contribution in [2.75, 3.05) is 19.6 Å². The number of fused-ring (bicyclic) bond motifs is 2. The van der Waals surface area contributed by atoms with E-state index in [0.29, 0.717) is 17.4 Å². The second kappa shape index (κ2) is 6.94. The number of allylic oxidation sites excluding steroid dienone is 1. The van der Waals surface area contributed by atoms with Crippen LogP contribution in [-0.4, -0.2) is 56.7 Å². The third kappa shape index (κ3) is 3.15. The molecule has 2 unspecified atom stereocenters. The number of hydrogen-bond acceptors (Lipinski definition) is 5. The minimum atomic E-state index is -0.664. The molecule has 0 aromatic carbocycles. The zero-order valence-corrected chi connectivity index (χ0v) is 17.2. The summed E-state index contributed by atoms with van der Waals surface area (Å²) in [6, 6.07) is 1.50. The molecule has 5 heterocycles. The molecule has 30 heavy (non-hydrogen) atoms. The number of aliphatic imine (C=N–C) groups is 1. The molecule has 0 bridgehead atoms. The molecule has 2 atom stereocenters. The van der Waals surface area contributed by atoms with Crippen LogP contribution in [0.3, 0.4) is 0 Å². The predicted octanol–water partition coefficient (Wildman–Crippen LogP) is 2.30. The van der Waals surface area contributed by atoms with Gasteiger partial charge < -0.3 is 19.9 Å². The summed E-state index contributed by atoms with van der Waals surface area (Å²) in [5, 5.41) is 6.31. The van der Waals surface area contributed by atoms with Gasteiger partial charge in [-0.3, -0.25) is 4.90 Å². The van der Waals surface area contributed by atoms with Crippen molar-refractivity contribution in [3.05, 3.63) is 59.1 Å². The maximum absolute atomic E-state index is 14.5. The molecule has 8 nitrogen and oxygen atoms in total. The summed E-state index contributed by atoms with van der Waals surface area (Å²) in [7, 11) is 0. The van der Waals surface area contributed by atoms with E-state index in [1.54, 1.807) is 21.7 Å². The standard InChI is InChI=1S/C21H24FN7O/c1-12-6-16(27-5-4-23-13(2)8-27)11-29-19(12)25-18(26-21(29)30)15-7-17(22)20-24-14(3)9-28(20)10-15/h6-7,9-11,13,18,23H,4-5,8H2,1-3H3,(H,26,30). The molecule has 2 aromatic rings. The van der Waals surface area contributed by atoms with Crippen LogP contribution < -0.4 is 10.6 Å². The Morgan fingerprint density at radius 2 is 2.10 bits per heavy atom. The van der Waals surface area contributed by atoms with Gasteiger partial charge in [0.05, 0.1) is 11.4 Å². The van der Waals surface area contributed by atoms with E-state index in [0.717, 1.165) is 36.6 Å². The van der Waals surface area contributed by atoms with E-state index in [-0.39, 0.29) is 11.7 Å². The number of carbonyl (C=O) groups excluding carboxylic acids is 1. The number of piperazine rings is 1. The second-order valence-corrected chi connectivity index (χ2v) is 8.09. The summed E-state index contributed by atoms with van der Waals surface area (Å²) in [6.07, 6.45) is 6.74. The molecular formula is C21H24FN7O. The smallest absolute Gasteiger partial charge is 0.329 e. The zero-order valence-electron chi connectivity index (χ0n) is 17.2. The van der Waals surface area contributed by atoms with Gasteiger partial charge >= 0.3 is 6.03 Å². The van der Waals surface area contributed by atoms with Gasteiger partial charge in [-0.25, -0.2) is 19.2 Å². The number of amidine groups is 1. The fourth-order valence-corrected chi connectivity index (χ4v) is 4.21. The number of nitrogens with one attached hydrogen (secondary N) is 2. The highest BCUT2D eigenvalue weighted by atomic mass is 19.1. The fourth-order valence-electron chi connectivity index (χ4n) is 4.21. The Morgan fingerprint density at radius 3 is 2.90 bits per heavy atom. The van der Waals surface area contributed by atoms with Crippen LogP contribution in [-0.2, 0) is 0 Å². The SMILES string of the molecule is CC1=CC(N2CCNC(C)C2)=CN2C(=O)NC(c3cc(F)c4nc(C)cn4c3)N=C12. The van der Waals surface area contributed by atoms with Crippen LogP contribution in [0, 0.1) is 12.7 Å². The number of hydrogen-bond donors (Lipinski definition) is 2. The fraction of sp³-hybridized carbons (Fsp3) is 0.381. The van der Waals surface area contributed by atoms with Gasteiger partial charge in [-0.2, -0.15) is 0 Å². The van der Waals surface area contributed by atoms with Crippen LogP contribution in [0.2, 0.25) is 0 Å². The second-order valence-electron chi connectivity index (χ2n) is 8.09. The maximum atomic E-state index is 14.5. The molecule has 1 saturated heterocycles. The highest BCUT2D eigenvalue weighted by Gasteiger charge is 2.33. The lowest BCUT2D eigenvalue weighted by Crippen LogP contribution is -2.51. The van der Waals surface area contributed by atoms with Crippen LogP contribution in [0.1, 0.15) is 31.3 Å². The molecule has 3 aliphatic rings. The van der Waals surface area contributed by atoms with Crippen molar-refractivity contribution in [2.45, 2.75) is 33.0 Å². The van der Waals surface area contributed by atoms with Crippen LogP contribution in [0.4, 0.5) is 9.18 Å². The highest BCUT2D eigenvalue weighted by Crippen LogP contribution is 2.28. The monoisotopic (exact) mass is 409 g/mol. The van der Waals surface area contributed by atoms with E-state index in [4.69, 9.17) is 4.99 Å². The lowest BCUT2D eigenvalue weighted by Gasteiger charge is -2.38. The van der Waals surface area contributed by atoms with Crippen molar-refractivity contribution in [2.24, 2.45) is 4.99 Å². The summed E-state index contributed by atoms with van der Waals surface area (Å²) in [5.41, 5.74) is 3.45. The van der Waals surface area contributed by atoms with Gasteiger partial charge in [0.15, 0.2) is 17.6 Å². The van der Waals surface area contributed by atoms with Gasteiger partial charge in [0, 0.05) is 49.8 Å². The quantitative estimate of drug-likeness (QED) is 0.798. The molecular weight excluding hydrogens is 385 g/mol. The van der Waals surface area contributed by atoms with Crippen molar-refractivity contribution >= 4 is 17.5 Å². The van der Waals surface area contributed by atoms with E-state index in [1.165, 1.54) is 6.07 Å². The number of amides is 2. The van der Waals surface area contributed by atoms with Gasteiger partial charge in [-0.15, -0.1) is 0 Å². The Labute approximate surface area is 173 Å². The molecule has 0 aliphatic carbocycles. The van der Waals surface area contributed by atoms with Crippen LogP contribution in [0.5, 0.6) is 0 Å². The van der Waals surface area contributed by atoms with Gasteiger partial charge in [-0.1, -0.05) is 0 Å². The molecule has 2 amide bonds. The summed E-state index contributed by atoms with van der Waals surface area (Å²) in [4.78, 5) is 25.6. The molecule has 3 aliphatic heterocycles. The Balaban J connectivity index is 1.48. The Morgan fingerprint density at radius 1 is 1.27 bits per heavy atom. The lowest BCUT2D eigenvalue weighted by atomic mass is 10.1. The molecule has 156 valence electrons. The van der Waals surface area contributed by atoms with E-state index >= 15 is 0 Å². The van der Waals surface area contributed by atoms with E-state index in [1.807, 2.05) is 20.0 Å². The largest absolute Gasteiger partial charge is 0.368 e. The molecule has 0 radical (unpaired) electrons. The number of carbonyl (C=O) groups is 1. The Bertz CT molecular complexity index is 1130. The van der Waals surface area contributed by atoms with Crippen LogP contribution in [0.25, 0.3) is 5.65 Å². The first-order valence-electron chi connectivity index (χ1n) is 10.1. The van der Waals surface area contributed by atoms with Crippen molar-refractivity contribution in [1.82, 2.24) is 29.8 Å². The molecule has 0 saturated carbocycles. The number of pyridine rings is 1. The normalized spacial score (nSPS) is 24.3. The molecule has 2 N–H and O–H groups in total. The molecule has 5 rings (SSSR count). The van der Waals surface area contributed by atoms with Crippen molar-refractivity contribution in [1.29, 1.82) is 0 Å². The van der Waals surface area contributed by atoms with Gasteiger partial charge in [-0.05, 0) is 38.5 Å². The average Bonchev–Trinajstić information content (AvgIpc) is 3.09. The third-order valence-corrected chi connectivity index (χ3v) is 5.63. The van der Waals surface area contributed by atoms with Crippen molar-refractivity contribution in [3.63, 3.8) is 0 Å². The first-order valence-corrected chi connectivity index (χ1v) is 10.1. The van der Waals surface area contributed by atoms with E-state index in [2.05, 4.69) is 33.5 Å². The van der Waals surface area contributed by atoms with Gasteiger partial charge in [0.2, 0.25) is 0 Å². The first-order chi connectivity index (χ1) is 14.4. The molecule has 1 fully saturated rings. The van der Waals surface area contributed by atoms with Gasteiger partial charge in [0.25, 0.3) is 0 Å². The van der Waals surface area contributed by atoms with Crippen molar-refractivity contribution in [3.8, 4) is 0 Å².